The van der Waals surface area contributed by atoms with E-state index >= 15 is 0 Å². The van der Waals surface area contributed by atoms with Gasteiger partial charge in [-0.25, -0.2) is 0 Å². The average molecular weight is 809 g/mol. The second-order valence-corrected chi connectivity index (χ2v) is 18.4. The van der Waals surface area contributed by atoms with Crippen LogP contribution >= 0.6 is 22.7 Å². The lowest BCUT2D eigenvalue weighted by molar-refractivity contribution is 1.28. The number of fused-ring (bicyclic) bond motifs is 15. The highest BCUT2D eigenvalue weighted by Gasteiger charge is 2.44. The van der Waals surface area contributed by atoms with Crippen LogP contribution in [0.5, 0.6) is 0 Å². The van der Waals surface area contributed by atoms with Gasteiger partial charge in [-0.15, -0.1) is 22.7 Å². The summed E-state index contributed by atoms with van der Waals surface area (Å²) in [4.78, 5) is 5.17. The summed E-state index contributed by atoms with van der Waals surface area (Å²) in [5.41, 5.74) is 13.9. The molecule has 2 aromatic heterocycles. The highest BCUT2D eigenvalue weighted by Crippen LogP contribution is 2.52. The molecule has 0 amide bonds. The lowest BCUT2D eigenvalue weighted by Crippen LogP contribution is -2.54. The average Bonchev–Trinajstić information content (AvgIpc) is 4.00. The first-order valence-electron chi connectivity index (χ1n) is 21.0. The predicted octanol–water partition coefficient (Wildman–Crippen LogP) is 14.5. The monoisotopic (exact) mass is 808 g/mol. The highest BCUT2D eigenvalue weighted by molar-refractivity contribution is 7.27. The minimum Gasteiger partial charge on any atom is -0.310 e. The van der Waals surface area contributed by atoms with Crippen molar-refractivity contribution in [2.45, 2.75) is 0 Å². The van der Waals surface area contributed by atoms with Crippen molar-refractivity contribution in [1.82, 2.24) is 0 Å². The Bertz CT molecular complexity index is 3810. The lowest BCUT2D eigenvalue weighted by Gasteiger charge is -2.38. The first-order chi connectivity index (χ1) is 30.3. The first-order valence-corrected chi connectivity index (χ1v) is 22.6. The molecule has 2 aliphatic heterocycles. The van der Waals surface area contributed by atoms with Crippen LogP contribution in [0.3, 0.4) is 0 Å². The molecule has 12 aromatic rings. The number of thiophene rings is 2. The van der Waals surface area contributed by atoms with Crippen LogP contribution in [0.2, 0.25) is 0 Å². The third-order valence-electron chi connectivity index (χ3n) is 13.2. The van der Waals surface area contributed by atoms with Crippen LogP contribution in [0.4, 0.5) is 34.1 Å². The van der Waals surface area contributed by atoms with Crippen molar-refractivity contribution in [1.29, 1.82) is 0 Å². The van der Waals surface area contributed by atoms with E-state index in [1.165, 1.54) is 106 Å². The van der Waals surface area contributed by atoms with E-state index < -0.39 is 0 Å². The summed E-state index contributed by atoms with van der Waals surface area (Å²) in [6.07, 6.45) is 0. The molecule has 14 rings (SSSR count). The van der Waals surface area contributed by atoms with Crippen LogP contribution in [-0.4, -0.2) is 6.71 Å². The van der Waals surface area contributed by atoms with Gasteiger partial charge in [0.25, 0.3) is 0 Å². The molecule has 0 spiro atoms. The number of anilines is 6. The fraction of sp³-hybridized carbons (Fsp3) is 0. The van der Waals surface area contributed by atoms with Crippen LogP contribution in [0.1, 0.15) is 0 Å². The molecule has 10 aromatic carbocycles. The molecule has 0 N–H and O–H groups in total. The Labute approximate surface area is 360 Å². The minimum absolute atomic E-state index is 0.101. The molecule has 0 saturated carbocycles. The standard InChI is InChI=1S/C56H33BN2S2/c1-2-16-35(17-3-1)58(49-31-34-15-4-5-18-37(34)38-19-6-7-21-40(38)49)36-32-45-39-20-8-11-25-46(39)57-47-30-29-44-42-23-10-13-28-52(42)61-56(44)54(47)59(50(33-36)53(45)57)48-26-14-24-43-41-22-9-12-27-51(41)60-55(43)48/h1-33H. The smallest absolute Gasteiger partial charge is 0.248 e. The van der Waals surface area contributed by atoms with Crippen molar-refractivity contribution >= 4 is 142 Å². The molecule has 2 nitrogen and oxygen atoms in total. The first kappa shape index (κ1) is 33.6. The van der Waals surface area contributed by atoms with Gasteiger partial charge in [0, 0.05) is 53.4 Å². The summed E-state index contributed by atoms with van der Waals surface area (Å²) < 4.78 is 5.27. The molecule has 0 saturated heterocycles. The molecule has 282 valence electrons. The van der Waals surface area contributed by atoms with Gasteiger partial charge in [0.15, 0.2) is 0 Å². The number of hydrogen-bond donors (Lipinski definition) is 0. The van der Waals surface area contributed by atoms with Crippen LogP contribution in [0.15, 0.2) is 200 Å². The van der Waals surface area contributed by atoms with Crippen molar-refractivity contribution in [3.8, 4) is 11.1 Å². The zero-order valence-corrected chi connectivity index (χ0v) is 34.5. The molecule has 0 unspecified atom stereocenters. The van der Waals surface area contributed by atoms with E-state index in [2.05, 4.69) is 210 Å². The number of para-hydroxylation sites is 1. The van der Waals surface area contributed by atoms with Crippen LogP contribution in [-0.2, 0) is 0 Å². The van der Waals surface area contributed by atoms with E-state index in [1.54, 1.807) is 0 Å². The molecular formula is C56H33BN2S2. The quantitative estimate of drug-likeness (QED) is 0.129. The van der Waals surface area contributed by atoms with Gasteiger partial charge in [0.1, 0.15) is 0 Å². The topological polar surface area (TPSA) is 6.48 Å². The van der Waals surface area contributed by atoms with E-state index in [9.17, 15) is 0 Å². The van der Waals surface area contributed by atoms with E-state index in [0.29, 0.717) is 0 Å². The van der Waals surface area contributed by atoms with Crippen molar-refractivity contribution in [2.75, 3.05) is 9.80 Å². The van der Waals surface area contributed by atoms with Crippen molar-refractivity contribution in [2.24, 2.45) is 0 Å². The van der Waals surface area contributed by atoms with Crippen LogP contribution < -0.4 is 26.2 Å². The maximum absolute atomic E-state index is 2.66. The second-order valence-electron chi connectivity index (χ2n) is 16.3. The number of rotatable bonds is 4. The van der Waals surface area contributed by atoms with E-state index in [4.69, 9.17) is 0 Å². The summed E-state index contributed by atoms with van der Waals surface area (Å²) >= 11 is 3.84. The molecule has 0 aliphatic carbocycles. The summed E-state index contributed by atoms with van der Waals surface area (Å²) in [6.45, 7) is 0.101. The fourth-order valence-electron chi connectivity index (χ4n) is 10.7. The normalized spacial score (nSPS) is 12.9. The fourth-order valence-corrected chi connectivity index (χ4v) is 13.1. The number of nitrogens with zero attached hydrogens (tertiary/aromatic N) is 2. The van der Waals surface area contributed by atoms with Gasteiger partial charge in [-0.3, -0.25) is 0 Å². The summed E-state index contributed by atoms with van der Waals surface area (Å²) in [6, 6.07) is 74.8. The zero-order chi connectivity index (χ0) is 39.8. The van der Waals surface area contributed by atoms with Gasteiger partial charge in [0.2, 0.25) is 6.71 Å². The van der Waals surface area contributed by atoms with E-state index in [1.807, 2.05) is 22.7 Å². The molecule has 61 heavy (non-hydrogen) atoms. The molecule has 0 bridgehead atoms. The second kappa shape index (κ2) is 12.7. The van der Waals surface area contributed by atoms with Gasteiger partial charge in [0.05, 0.1) is 26.5 Å². The van der Waals surface area contributed by atoms with Crippen molar-refractivity contribution in [3.63, 3.8) is 0 Å². The molecule has 5 heteroatoms. The van der Waals surface area contributed by atoms with Gasteiger partial charge in [-0.2, -0.15) is 0 Å². The highest BCUT2D eigenvalue weighted by atomic mass is 32.1. The zero-order valence-electron chi connectivity index (χ0n) is 32.8. The van der Waals surface area contributed by atoms with Gasteiger partial charge < -0.3 is 9.80 Å². The van der Waals surface area contributed by atoms with Gasteiger partial charge in [-0.1, -0.05) is 157 Å². The van der Waals surface area contributed by atoms with Crippen LogP contribution in [0, 0.1) is 0 Å². The maximum atomic E-state index is 2.66. The SMILES string of the molecule is c1ccc(N(c2cc3c4c(c2)N(c2cccc5c2sc2ccccc25)c2c(ccc5c2sc2ccccc25)B4c2ccccc2-3)c2cc3ccccc3c3ccccc23)cc1. The molecule has 0 radical (unpaired) electrons. The number of benzene rings is 10. The van der Waals surface area contributed by atoms with E-state index in [-0.39, 0.29) is 6.71 Å². The molecule has 2 aliphatic rings. The predicted molar refractivity (Wildman–Crippen MR) is 267 cm³/mol. The Hall–Kier alpha value is -7.18. The van der Waals surface area contributed by atoms with Gasteiger partial charge >= 0.3 is 0 Å². The van der Waals surface area contributed by atoms with Crippen molar-refractivity contribution in [3.05, 3.63) is 200 Å². The van der Waals surface area contributed by atoms with E-state index in [0.717, 1.165) is 17.1 Å². The molecule has 0 atom stereocenters. The maximum Gasteiger partial charge on any atom is 0.248 e. The third-order valence-corrected chi connectivity index (χ3v) is 15.6. The Morgan fingerprint density at radius 2 is 1.03 bits per heavy atom. The summed E-state index contributed by atoms with van der Waals surface area (Å²) in [5.74, 6) is 0. The number of hydrogen-bond acceptors (Lipinski definition) is 4. The summed E-state index contributed by atoms with van der Waals surface area (Å²) in [7, 11) is 0. The Morgan fingerprint density at radius 3 is 1.85 bits per heavy atom. The summed E-state index contributed by atoms with van der Waals surface area (Å²) in [5, 5.41) is 10.2. The molecular weight excluding hydrogens is 776 g/mol. The van der Waals surface area contributed by atoms with Gasteiger partial charge in [-0.05, 0) is 86.7 Å². The van der Waals surface area contributed by atoms with Crippen molar-refractivity contribution < 1.29 is 0 Å². The largest absolute Gasteiger partial charge is 0.310 e. The van der Waals surface area contributed by atoms with Crippen LogP contribution in [0.25, 0.3) is 73.0 Å². The Balaban J connectivity index is 1.14. The molecule has 0 fully saturated rings. The molecule has 4 heterocycles. The third kappa shape index (κ3) is 4.68. The minimum atomic E-state index is 0.101. The lowest BCUT2D eigenvalue weighted by atomic mass is 9.37. The Morgan fingerprint density at radius 1 is 0.393 bits per heavy atom. The Kier molecular flexibility index (Phi) is 6.99.